The van der Waals surface area contributed by atoms with Crippen LogP contribution in [0.1, 0.15) is 58.3 Å². The SMILES string of the molecule is CCC1CCCCN1C(=O)Cn1c(=O)n(CC(=O)NC2CCCC2)c(=O)c2oc3ccccc3c21. The molecule has 1 N–H and O–H groups in total. The van der Waals surface area contributed by atoms with Gasteiger partial charge in [0.05, 0.1) is 0 Å². The van der Waals surface area contributed by atoms with Crippen LogP contribution in [-0.4, -0.2) is 44.5 Å². The summed E-state index contributed by atoms with van der Waals surface area (Å²) in [6, 6.07) is 7.29. The number of nitrogens with one attached hydrogen (secondary N) is 1. The zero-order chi connectivity index (χ0) is 24.5. The molecule has 2 aliphatic rings. The van der Waals surface area contributed by atoms with Gasteiger partial charge in [-0.3, -0.25) is 19.0 Å². The fourth-order valence-corrected chi connectivity index (χ4v) is 5.65. The second kappa shape index (κ2) is 9.71. The Morgan fingerprint density at radius 1 is 1.00 bits per heavy atom. The highest BCUT2D eigenvalue weighted by Gasteiger charge is 2.28. The topological polar surface area (TPSA) is 107 Å². The number of hydrogen-bond acceptors (Lipinski definition) is 5. The van der Waals surface area contributed by atoms with Crippen molar-refractivity contribution >= 4 is 33.9 Å². The molecular formula is C26H32N4O5. The number of rotatable bonds is 6. The van der Waals surface area contributed by atoms with Gasteiger partial charge in [-0.05, 0) is 50.7 Å². The summed E-state index contributed by atoms with van der Waals surface area (Å²) in [7, 11) is 0. The van der Waals surface area contributed by atoms with Gasteiger partial charge in [0.2, 0.25) is 17.4 Å². The third-order valence-corrected chi connectivity index (χ3v) is 7.47. The maximum Gasteiger partial charge on any atom is 0.332 e. The number of likely N-dealkylation sites (tertiary alicyclic amines) is 1. The van der Waals surface area contributed by atoms with Gasteiger partial charge in [-0.15, -0.1) is 0 Å². The number of carbonyl (C=O) groups excluding carboxylic acids is 2. The van der Waals surface area contributed by atoms with Crippen molar-refractivity contribution in [1.82, 2.24) is 19.4 Å². The smallest absolute Gasteiger partial charge is 0.332 e. The predicted molar refractivity (Wildman–Crippen MR) is 132 cm³/mol. The lowest BCUT2D eigenvalue weighted by molar-refractivity contribution is -0.135. The van der Waals surface area contributed by atoms with Gasteiger partial charge in [-0.25, -0.2) is 9.36 Å². The third kappa shape index (κ3) is 4.39. The highest BCUT2D eigenvalue weighted by Crippen LogP contribution is 2.26. The Morgan fingerprint density at radius 2 is 1.74 bits per heavy atom. The van der Waals surface area contributed by atoms with Gasteiger partial charge >= 0.3 is 5.69 Å². The van der Waals surface area contributed by atoms with Crippen LogP contribution in [0.15, 0.2) is 38.3 Å². The second-order valence-corrected chi connectivity index (χ2v) is 9.73. The van der Waals surface area contributed by atoms with Gasteiger partial charge in [0.15, 0.2) is 0 Å². The number of aromatic nitrogens is 2. The average Bonchev–Trinajstić information content (AvgIpc) is 3.52. The maximum atomic E-state index is 13.6. The van der Waals surface area contributed by atoms with Crippen molar-refractivity contribution in [2.75, 3.05) is 6.54 Å². The monoisotopic (exact) mass is 480 g/mol. The molecule has 3 heterocycles. The number of benzene rings is 1. The first-order chi connectivity index (χ1) is 17.0. The van der Waals surface area contributed by atoms with Gasteiger partial charge < -0.3 is 14.6 Å². The molecule has 9 nitrogen and oxygen atoms in total. The molecule has 1 unspecified atom stereocenters. The second-order valence-electron chi connectivity index (χ2n) is 9.73. The van der Waals surface area contributed by atoms with Gasteiger partial charge in [0.25, 0.3) is 5.56 Å². The molecule has 1 saturated heterocycles. The van der Waals surface area contributed by atoms with E-state index < -0.39 is 17.8 Å². The van der Waals surface area contributed by atoms with Crippen LogP contribution in [0.25, 0.3) is 22.1 Å². The van der Waals surface area contributed by atoms with Crippen molar-refractivity contribution in [1.29, 1.82) is 0 Å². The van der Waals surface area contributed by atoms with Crippen molar-refractivity contribution in [3.05, 3.63) is 45.1 Å². The summed E-state index contributed by atoms with van der Waals surface area (Å²) in [4.78, 5) is 54.9. The number of hydrogen-bond donors (Lipinski definition) is 1. The molecule has 0 bridgehead atoms. The molecule has 9 heteroatoms. The van der Waals surface area contributed by atoms with Crippen LogP contribution in [0.2, 0.25) is 0 Å². The Balaban J connectivity index is 1.58. The van der Waals surface area contributed by atoms with Crippen LogP contribution in [0.4, 0.5) is 0 Å². The van der Waals surface area contributed by atoms with E-state index in [1.54, 1.807) is 24.3 Å². The molecule has 2 amide bonds. The van der Waals surface area contributed by atoms with Crippen molar-refractivity contribution < 1.29 is 14.0 Å². The molecule has 0 spiro atoms. The molecule has 186 valence electrons. The van der Waals surface area contributed by atoms with Gasteiger partial charge in [-0.2, -0.15) is 0 Å². The summed E-state index contributed by atoms with van der Waals surface area (Å²) in [5.74, 6) is -0.544. The fourth-order valence-electron chi connectivity index (χ4n) is 5.65. The maximum absolute atomic E-state index is 13.6. The normalized spacial score (nSPS) is 19.0. The molecule has 35 heavy (non-hydrogen) atoms. The van der Waals surface area contributed by atoms with Crippen molar-refractivity contribution in [3.8, 4) is 0 Å². The average molecular weight is 481 g/mol. The molecule has 0 radical (unpaired) electrons. The number of carbonyl (C=O) groups is 2. The van der Waals surface area contributed by atoms with Crippen LogP contribution in [0, 0.1) is 0 Å². The molecule has 1 aromatic carbocycles. The minimum absolute atomic E-state index is 0.0158. The Labute approximate surface area is 202 Å². The lowest BCUT2D eigenvalue weighted by Gasteiger charge is -2.35. The summed E-state index contributed by atoms with van der Waals surface area (Å²) in [6.07, 6.45) is 7.72. The largest absolute Gasteiger partial charge is 0.449 e. The number of para-hydroxylation sites is 1. The fraction of sp³-hybridized carbons (Fsp3) is 0.538. The molecule has 3 aromatic rings. The molecule has 1 aliphatic heterocycles. The molecule has 5 rings (SSSR count). The number of nitrogens with zero attached hydrogens (tertiary/aromatic N) is 3. The van der Waals surface area contributed by atoms with E-state index >= 15 is 0 Å². The van der Waals surface area contributed by atoms with E-state index in [9.17, 15) is 19.2 Å². The molecule has 2 fully saturated rings. The molecular weight excluding hydrogens is 448 g/mol. The lowest BCUT2D eigenvalue weighted by atomic mass is 10.00. The molecule has 1 saturated carbocycles. The first-order valence-corrected chi connectivity index (χ1v) is 12.7. The Kier molecular flexibility index (Phi) is 6.49. The predicted octanol–water partition coefficient (Wildman–Crippen LogP) is 2.76. The molecule has 2 aromatic heterocycles. The lowest BCUT2D eigenvalue weighted by Crippen LogP contribution is -2.49. The number of fused-ring (bicyclic) bond motifs is 3. The van der Waals surface area contributed by atoms with Gasteiger partial charge in [-0.1, -0.05) is 31.9 Å². The number of amides is 2. The third-order valence-electron chi connectivity index (χ3n) is 7.47. The minimum atomic E-state index is -0.672. The molecule has 1 atom stereocenters. The van der Waals surface area contributed by atoms with E-state index in [0.29, 0.717) is 23.0 Å². The summed E-state index contributed by atoms with van der Waals surface area (Å²) in [5, 5.41) is 3.52. The Bertz CT molecular complexity index is 1380. The Morgan fingerprint density at radius 3 is 2.51 bits per heavy atom. The Hall–Kier alpha value is -3.36. The zero-order valence-corrected chi connectivity index (χ0v) is 20.1. The van der Waals surface area contributed by atoms with Crippen LogP contribution in [-0.2, 0) is 22.7 Å². The van der Waals surface area contributed by atoms with Crippen LogP contribution in [0.5, 0.6) is 0 Å². The zero-order valence-electron chi connectivity index (χ0n) is 20.1. The van der Waals surface area contributed by atoms with Crippen molar-refractivity contribution in [3.63, 3.8) is 0 Å². The summed E-state index contributed by atoms with van der Waals surface area (Å²) in [5.41, 5.74) is -0.581. The van der Waals surface area contributed by atoms with E-state index in [4.69, 9.17) is 4.42 Å². The van der Waals surface area contributed by atoms with E-state index in [1.165, 1.54) is 4.57 Å². The standard InChI is InChI=1S/C26H32N4O5/c1-2-18-11-7-8-14-28(18)22(32)16-29-23-19-12-5-6-13-20(19)35-24(23)25(33)30(26(29)34)15-21(31)27-17-9-3-4-10-17/h5-6,12-13,17-18H,2-4,7-11,14-16H2,1H3,(H,27,31). The van der Waals surface area contributed by atoms with E-state index in [2.05, 4.69) is 12.2 Å². The van der Waals surface area contributed by atoms with Crippen molar-refractivity contribution in [2.45, 2.75) is 83.5 Å². The highest BCUT2D eigenvalue weighted by molar-refractivity contribution is 6.02. The van der Waals surface area contributed by atoms with Gasteiger partial charge in [0.1, 0.15) is 24.2 Å². The first kappa shape index (κ1) is 23.4. The van der Waals surface area contributed by atoms with Crippen LogP contribution < -0.4 is 16.6 Å². The summed E-state index contributed by atoms with van der Waals surface area (Å²) in [6.45, 7) is 2.11. The van der Waals surface area contributed by atoms with Crippen molar-refractivity contribution in [2.24, 2.45) is 0 Å². The van der Waals surface area contributed by atoms with Crippen LogP contribution in [0.3, 0.4) is 0 Å². The van der Waals surface area contributed by atoms with E-state index in [-0.39, 0.29) is 36.0 Å². The summed E-state index contributed by atoms with van der Waals surface area (Å²) < 4.78 is 8.07. The highest BCUT2D eigenvalue weighted by atomic mass is 16.3. The molecule has 1 aliphatic carbocycles. The minimum Gasteiger partial charge on any atom is -0.449 e. The van der Waals surface area contributed by atoms with E-state index in [1.807, 2.05) is 4.90 Å². The van der Waals surface area contributed by atoms with E-state index in [0.717, 1.165) is 55.9 Å². The number of furan rings is 1. The quantitative estimate of drug-likeness (QED) is 0.584. The number of piperidine rings is 1. The summed E-state index contributed by atoms with van der Waals surface area (Å²) >= 11 is 0. The first-order valence-electron chi connectivity index (χ1n) is 12.7. The van der Waals surface area contributed by atoms with Gasteiger partial charge in [0, 0.05) is 24.0 Å². The van der Waals surface area contributed by atoms with Crippen LogP contribution >= 0.6 is 0 Å².